The van der Waals surface area contributed by atoms with Crippen LogP contribution in [-0.2, 0) is 11.2 Å². The minimum absolute atomic E-state index is 0.00578. The van der Waals surface area contributed by atoms with Crippen LogP contribution >= 0.6 is 0 Å². The SMILES string of the molecule is CCCCCCCCCc1ccc(-c2ccc(C(=O)[O-])cc2-c2ccc(C(=O)OC(CC)C(F)(F)F)cc2)cc1. The fourth-order valence-corrected chi connectivity index (χ4v) is 4.66. The van der Waals surface area contributed by atoms with Crippen molar-refractivity contribution in [2.24, 2.45) is 0 Å². The quantitative estimate of drug-likeness (QED) is 0.149. The lowest BCUT2D eigenvalue weighted by atomic mass is 9.91. The van der Waals surface area contributed by atoms with Gasteiger partial charge in [-0.3, -0.25) is 0 Å². The number of esters is 1. The molecule has 0 spiro atoms. The van der Waals surface area contributed by atoms with E-state index in [1.165, 1.54) is 75.3 Å². The van der Waals surface area contributed by atoms with Crippen molar-refractivity contribution in [3.63, 3.8) is 0 Å². The third-order valence-corrected chi connectivity index (χ3v) is 7.01. The first-order valence-corrected chi connectivity index (χ1v) is 14.0. The van der Waals surface area contributed by atoms with Gasteiger partial charge in [0.15, 0.2) is 6.10 Å². The molecule has 4 nitrogen and oxygen atoms in total. The number of aryl methyl sites for hydroxylation is 1. The van der Waals surface area contributed by atoms with Crippen LogP contribution in [0.4, 0.5) is 13.2 Å². The van der Waals surface area contributed by atoms with Crippen LogP contribution < -0.4 is 5.11 Å². The molecule has 0 heterocycles. The maximum absolute atomic E-state index is 13.0. The molecule has 0 N–H and O–H groups in total. The fraction of sp³-hybridized carbons (Fsp3) is 0.394. The van der Waals surface area contributed by atoms with Gasteiger partial charge in [0.2, 0.25) is 0 Å². The van der Waals surface area contributed by atoms with Gasteiger partial charge in [-0.05, 0) is 70.8 Å². The molecule has 0 aliphatic carbocycles. The van der Waals surface area contributed by atoms with E-state index in [-0.39, 0.29) is 17.5 Å². The largest absolute Gasteiger partial charge is 0.545 e. The number of halogens is 3. The normalized spacial score (nSPS) is 12.2. The standard InChI is InChI=1S/C33H37F3O4/c1-3-5-6-7-8-9-10-11-23-12-14-24(15-13-23)28-21-20-27(31(37)38)22-29(28)25-16-18-26(19-17-25)32(39)40-30(4-2)33(34,35)36/h12-22,30H,3-11H2,1-2H3,(H,37,38)/p-1. The van der Waals surface area contributed by atoms with Crippen molar-refractivity contribution < 1.29 is 32.6 Å². The second-order valence-corrected chi connectivity index (χ2v) is 10.0. The highest BCUT2D eigenvalue weighted by Gasteiger charge is 2.41. The van der Waals surface area contributed by atoms with E-state index in [1.807, 2.05) is 12.1 Å². The van der Waals surface area contributed by atoms with Crippen molar-refractivity contribution in [3.05, 3.63) is 83.4 Å². The fourth-order valence-electron chi connectivity index (χ4n) is 4.66. The predicted molar refractivity (Wildman–Crippen MR) is 149 cm³/mol. The Morgan fingerprint density at radius 2 is 1.30 bits per heavy atom. The summed E-state index contributed by atoms with van der Waals surface area (Å²) in [6.07, 6.45) is 2.51. The minimum Gasteiger partial charge on any atom is -0.545 e. The van der Waals surface area contributed by atoms with Crippen molar-refractivity contribution in [1.29, 1.82) is 0 Å². The minimum atomic E-state index is -4.64. The summed E-state index contributed by atoms with van der Waals surface area (Å²) in [6, 6.07) is 18.7. The van der Waals surface area contributed by atoms with Gasteiger partial charge in [-0.2, -0.15) is 13.2 Å². The number of alkyl halides is 3. The van der Waals surface area contributed by atoms with E-state index in [9.17, 15) is 27.9 Å². The van der Waals surface area contributed by atoms with Crippen LogP contribution in [0.3, 0.4) is 0 Å². The molecule has 0 aromatic heterocycles. The average molecular weight is 554 g/mol. The Morgan fingerprint density at radius 3 is 1.88 bits per heavy atom. The molecule has 3 rings (SSSR count). The van der Waals surface area contributed by atoms with Gasteiger partial charge in [-0.25, -0.2) is 4.79 Å². The molecule has 0 aliphatic rings. The highest BCUT2D eigenvalue weighted by molar-refractivity contribution is 5.94. The van der Waals surface area contributed by atoms with Gasteiger partial charge in [-0.1, -0.05) is 101 Å². The molecule has 0 amide bonds. The van der Waals surface area contributed by atoms with Crippen LogP contribution in [0.5, 0.6) is 0 Å². The van der Waals surface area contributed by atoms with E-state index in [0.717, 1.165) is 24.0 Å². The van der Waals surface area contributed by atoms with Crippen molar-refractivity contribution in [2.45, 2.75) is 83.9 Å². The Kier molecular flexibility index (Phi) is 11.4. The van der Waals surface area contributed by atoms with Gasteiger partial charge in [-0.15, -0.1) is 0 Å². The summed E-state index contributed by atoms with van der Waals surface area (Å²) in [5.41, 5.74) is 4.08. The van der Waals surface area contributed by atoms with E-state index in [4.69, 9.17) is 0 Å². The van der Waals surface area contributed by atoms with Crippen LogP contribution in [0.2, 0.25) is 0 Å². The third kappa shape index (κ3) is 8.70. The number of aromatic carboxylic acids is 1. The number of carboxylic acids is 1. The van der Waals surface area contributed by atoms with Gasteiger partial charge < -0.3 is 14.6 Å². The third-order valence-electron chi connectivity index (χ3n) is 7.01. The number of unbranched alkanes of at least 4 members (excludes halogenated alkanes) is 6. The molecule has 1 unspecified atom stereocenters. The molecular weight excluding hydrogens is 517 g/mol. The number of hydrogen-bond acceptors (Lipinski definition) is 4. The maximum atomic E-state index is 13.0. The Labute approximate surface area is 234 Å². The Hall–Kier alpha value is -3.61. The van der Waals surface area contributed by atoms with Crippen LogP contribution in [0.25, 0.3) is 22.3 Å². The Bertz CT molecular complexity index is 1250. The Morgan fingerprint density at radius 1 is 0.750 bits per heavy atom. The van der Waals surface area contributed by atoms with Crippen molar-refractivity contribution in [2.75, 3.05) is 0 Å². The summed E-state index contributed by atoms with van der Waals surface area (Å²) in [7, 11) is 0. The number of benzene rings is 3. The molecule has 0 bridgehead atoms. The summed E-state index contributed by atoms with van der Waals surface area (Å²) < 4.78 is 43.7. The molecule has 40 heavy (non-hydrogen) atoms. The molecule has 214 valence electrons. The van der Waals surface area contributed by atoms with Gasteiger partial charge in [0, 0.05) is 0 Å². The highest BCUT2D eigenvalue weighted by Crippen LogP contribution is 2.34. The number of hydrogen-bond donors (Lipinski definition) is 0. The lowest BCUT2D eigenvalue weighted by molar-refractivity contribution is -0.255. The summed E-state index contributed by atoms with van der Waals surface area (Å²) >= 11 is 0. The van der Waals surface area contributed by atoms with Crippen LogP contribution in [-0.4, -0.2) is 24.2 Å². The molecule has 0 saturated heterocycles. The van der Waals surface area contributed by atoms with E-state index < -0.39 is 24.2 Å². The first-order chi connectivity index (χ1) is 19.1. The van der Waals surface area contributed by atoms with Crippen LogP contribution in [0, 0.1) is 0 Å². The molecule has 3 aromatic rings. The topological polar surface area (TPSA) is 66.4 Å². The maximum Gasteiger partial charge on any atom is 0.425 e. The van der Waals surface area contributed by atoms with Crippen molar-refractivity contribution in [1.82, 2.24) is 0 Å². The van der Waals surface area contributed by atoms with Crippen molar-refractivity contribution >= 4 is 11.9 Å². The van der Waals surface area contributed by atoms with Crippen LogP contribution in [0.1, 0.15) is 91.5 Å². The van der Waals surface area contributed by atoms with E-state index in [1.54, 1.807) is 18.2 Å². The smallest absolute Gasteiger partial charge is 0.425 e. The number of carbonyl (C=O) groups excluding carboxylic acids is 2. The lowest BCUT2D eigenvalue weighted by Gasteiger charge is -2.19. The molecule has 7 heteroatoms. The monoisotopic (exact) mass is 553 g/mol. The zero-order valence-corrected chi connectivity index (χ0v) is 23.1. The Balaban J connectivity index is 1.77. The molecule has 3 aromatic carbocycles. The van der Waals surface area contributed by atoms with E-state index in [2.05, 4.69) is 23.8 Å². The van der Waals surface area contributed by atoms with Gasteiger partial charge in [0.1, 0.15) is 0 Å². The number of carbonyl (C=O) groups is 2. The molecule has 1 atom stereocenters. The average Bonchev–Trinajstić information content (AvgIpc) is 2.94. The first-order valence-electron chi connectivity index (χ1n) is 14.0. The zero-order chi connectivity index (χ0) is 29.1. The predicted octanol–water partition coefficient (Wildman–Crippen LogP) is 8.17. The van der Waals surface area contributed by atoms with E-state index in [0.29, 0.717) is 11.1 Å². The van der Waals surface area contributed by atoms with Crippen molar-refractivity contribution in [3.8, 4) is 22.3 Å². The second kappa shape index (κ2) is 14.7. The summed E-state index contributed by atoms with van der Waals surface area (Å²) in [6.45, 7) is 3.51. The first kappa shape index (κ1) is 30.9. The number of carboxylic acid groups (broad SMARTS) is 1. The number of rotatable bonds is 14. The summed E-state index contributed by atoms with van der Waals surface area (Å²) in [4.78, 5) is 23.9. The molecular formula is C33H36F3O4-. The summed E-state index contributed by atoms with van der Waals surface area (Å²) in [5, 5.41) is 11.6. The molecule has 0 fully saturated rings. The van der Waals surface area contributed by atoms with Gasteiger partial charge >= 0.3 is 12.1 Å². The second-order valence-electron chi connectivity index (χ2n) is 10.0. The number of ether oxygens (including phenoxy) is 1. The molecule has 0 aliphatic heterocycles. The zero-order valence-electron chi connectivity index (χ0n) is 23.1. The molecule has 0 saturated carbocycles. The lowest BCUT2D eigenvalue weighted by Crippen LogP contribution is -2.33. The van der Waals surface area contributed by atoms with Crippen LogP contribution in [0.15, 0.2) is 66.7 Å². The van der Waals surface area contributed by atoms with Gasteiger partial charge in [0.25, 0.3) is 0 Å². The molecule has 0 radical (unpaired) electrons. The van der Waals surface area contributed by atoms with Gasteiger partial charge in [0.05, 0.1) is 11.5 Å². The summed E-state index contributed by atoms with van der Waals surface area (Å²) in [5.74, 6) is -2.40. The highest BCUT2D eigenvalue weighted by atomic mass is 19.4. The van der Waals surface area contributed by atoms with E-state index >= 15 is 0 Å².